The van der Waals surface area contributed by atoms with Crippen molar-refractivity contribution in [1.82, 2.24) is 9.88 Å². The van der Waals surface area contributed by atoms with Gasteiger partial charge in [0.15, 0.2) is 0 Å². The SMILES string of the molecule is O=C(c1cc([N+](=O)[O-])c[nH]1)N1CCCC(Br)C1. The van der Waals surface area contributed by atoms with Gasteiger partial charge in [0.05, 0.1) is 11.1 Å². The second-order valence-corrected chi connectivity index (χ2v) is 5.31. The minimum atomic E-state index is -0.517. The first-order valence-electron chi connectivity index (χ1n) is 5.34. The van der Waals surface area contributed by atoms with Crippen LogP contribution in [0.15, 0.2) is 12.3 Å². The standard InChI is InChI=1S/C10H12BrN3O3/c11-7-2-1-3-13(6-7)10(15)9-4-8(5-12-9)14(16)17/h4-5,7,12H,1-3,6H2. The molecule has 7 heteroatoms. The number of carbonyl (C=O) groups excluding carboxylic acids is 1. The number of aromatic amines is 1. The van der Waals surface area contributed by atoms with Crippen molar-refractivity contribution in [3.63, 3.8) is 0 Å². The largest absolute Gasteiger partial charge is 0.351 e. The molecule has 0 bridgehead atoms. The molecular formula is C10H12BrN3O3. The zero-order valence-electron chi connectivity index (χ0n) is 9.06. The maximum atomic E-state index is 12.0. The van der Waals surface area contributed by atoms with Crippen LogP contribution in [0.5, 0.6) is 0 Å². The van der Waals surface area contributed by atoms with Crippen LogP contribution in [0.1, 0.15) is 23.3 Å². The Morgan fingerprint density at radius 2 is 2.41 bits per heavy atom. The summed E-state index contributed by atoms with van der Waals surface area (Å²) in [6.45, 7) is 1.35. The lowest BCUT2D eigenvalue weighted by molar-refractivity contribution is -0.384. The minimum Gasteiger partial charge on any atom is -0.351 e. The maximum absolute atomic E-state index is 12.0. The number of rotatable bonds is 2. The molecular weight excluding hydrogens is 290 g/mol. The van der Waals surface area contributed by atoms with E-state index in [1.807, 2.05) is 0 Å². The Bertz CT molecular complexity index is 446. The molecule has 1 aromatic heterocycles. The van der Waals surface area contributed by atoms with Crippen LogP contribution in [0.4, 0.5) is 5.69 Å². The van der Waals surface area contributed by atoms with E-state index in [4.69, 9.17) is 0 Å². The van der Waals surface area contributed by atoms with Crippen LogP contribution >= 0.6 is 15.9 Å². The third kappa shape index (κ3) is 2.66. The summed E-state index contributed by atoms with van der Waals surface area (Å²) in [6, 6.07) is 1.28. The van der Waals surface area contributed by atoms with E-state index < -0.39 is 4.92 Å². The number of hydrogen-bond donors (Lipinski definition) is 1. The van der Waals surface area contributed by atoms with Crippen LogP contribution in [-0.2, 0) is 0 Å². The van der Waals surface area contributed by atoms with Gasteiger partial charge in [0.25, 0.3) is 11.6 Å². The Morgan fingerprint density at radius 1 is 1.65 bits per heavy atom. The van der Waals surface area contributed by atoms with Crippen molar-refractivity contribution >= 4 is 27.5 Å². The van der Waals surface area contributed by atoms with Gasteiger partial charge in [-0.2, -0.15) is 0 Å². The van der Waals surface area contributed by atoms with Crippen molar-refractivity contribution in [2.45, 2.75) is 17.7 Å². The topological polar surface area (TPSA) is 79.2 Å². The predicted molar refractivity (Wildman–Crippen MR) is 65.3 cm³/mol. The Morgan fingerprint density at radius 3 is 3.00 bits per heavy atom. The van der Waals surface area contributed by atoms with Gasteiger partial charge in [0, 0.05) is 24.0 Å². The average molecular weight is 302 g/mol. The smallest absolute Gasteiger partial charge is 0.287 e. The first-order chi connectivity index (χ1) is 8.08. The van der Waals surface area contributed by atoms with Crippen LogP contribution in [0.25, 0.3) is 0 Å². The Hall–Kier alpha value is -1.37. The number of nitrogens with zero attached hydrogens (tertiary/aromatic N) is 2. The van der Waals surface area contributed by atoms with Gasteiger partial charge in [0.1, 0.15) is 5.69 Å². The summed E-state index contributed by atoms with van der Waals surface area (Å²) in [4.78, 5) is 26.7. The molecule has 1 fully saturated rings. The van der Waals surface area contributed by atoms with E-state index >= 15 is 0 Å². The van der Waals surface area contributed by atoms with Crippen molar-refractivity contribution in [3.8, 4) is 0 Å². The number of alkyl halides is 1. The Labute approximate surface area is 106 Å². The zero-order valence-corrected chi connectivity index (χ0v) is 10.6. The molecule has 0 aliphatic carbocycles. The van der Waals surface area contributed by atoms with Crippen LogP contribution in [0.3, 0.4) is 0 Å². The van der Waals surface area contributed by atoms with Gasteiger partial charge in [-0.25, -0.2) is 0 Å². The van der Waals surface area contributed by atoms with Crippen LogP contribution in [-0.4, -0.2) is 38.6 Å². The van der Waals surface area contributed by atoms with Crippen LogP contribution in [0, 0.1) is 10.1 Å². The van der Waals surface area contributed by atoms with Gasteiger partial charge in [-0.1, -0.05) is 15.9 Å². The number of H-pyrrole nitrogens is 1. The Kier molecular flexibility index (Phi) is 3.46. The normalized spacial score (nSPS) is 20.3. The number of carbonyl (C=O) groups is 1. The van der Waals surface area contributed by atoms with E-state index in [1.165, 1.54) is 12.3 Å². The second kappa shape index (κ2) is 4.87. The van der Waals surface area contributed by atoms with E-state index in [1.54, 1.807) is 4.90 Å². The van der Waals surface area contributed by atoms with Gasteiger partial charge in [-0.05, 0) is 12.8 Å². The van der Waals surface area contributed by atoms with Crippen molar-refractivity contribution in [2.24, 2.45) is 0 Å². The van der Waals surface area contributed by atoms with E-state index in [0.717, 1.165) is 12.8 Å². The van der Waals surface area contributed by atoms with Crippen molar-refractivity contribution < 1.29 is 9.72 Å². The zero-order chi connectivity index (χ0) is 12.4. The highest BCUT2D eigenvalue weighted by molar-refractivity contribution is 9.09. The molecule has 2 heterocycles. The molecule has 17 heavy (non-hydrogen) atoms. The summed E-state index contributed by atoms with van der Waals surface area (Å²) in [7, 11) is 0. The molecule has 0 saturated carbocycles. The summed E-state index contributed by atoms with van der Waals surface area (Å²) in [5.74, 6) is -0.178. The third-order valence-electron chi connectivity index (χ3n) is 2.76. The first kappa shape index (κ1) is 12.1. The van der Waals surface area contributed by atoms with E-state index in [9.17, 15) is 14.9 Å². The molecule has 0 spiro atoms. The molecule has 0 radical (unpaired) electrons. The molecule has 1 saturated heterocycles. The number of hydrogen-bond acceptors (Lipinski definition) is 3. The van der Waals surface area contributed by atoms with E-state index in [-0.39, 0.29) is 17.3 Å². The monoisotopic (exact) mass is 301 g/mol. The minimum absolute atomic E-state index is 0.0826. The molecule has 1 N–H and O–H groups in total. The number of halogens is 1. The van der Waals surface area contributed by atoms with Crippen molar-refractivity contribution in [1.29, 1.82) is 0 Å². The van der Waals surface area contributed by atoms with Gasteiger partial charge < -0.3 is 9.88 Å². The molecule has 2 rings (SSSR count). The Balaban J connectivity index is 2.10. The van der Waals surface area contributed by atoms with Gasteiger partial charge >= 0.3 is 0 Å². The summed E-state index contributed by atoms with van der Waals surface area (Å²) in [5.41, 5.74) is 0.194. The summed E-state index contributed by atoms with van der Waals surface area (Å²) in [5, 5.41) is 10.5. The summed E-state index contributed by atoms with van der Waals surface area (Å²) < 4.78 is 0. The number of nitrogens with one attached hydrogen (secondary N) is 1. The van der Waals surface area contributed by atoms with Gasteiger partial charge in [-0.15, -0.1) is 0 Å². The second-order valence-electron chi connectivity index (χ2n) is 4.02. The number of piperidine rings is 1. The molecule has 1 aliphatic heterocycles. The highest BCUT2D eigenvalue weighted by atomic mass is 79.9. The number of nitro groups is 1. The highest BCUT2D eigenvalue weighted by Gasteiger charge is 2.24. The maximum Gasteiger partial charge on any atom is 0.287 e. The van der Waals surface area contributed by atoms with E-state index in [0.29, 0.717) is 17.9 Å². The molecule has 1 aliphatic rings. The molecule has 1 aromatic rings. The third-order valence-corrected chi connectivity index (χ3v) is 3.51. The molecule has 92 valence electrons. The van der Waals surface area contributed by atoms with Crippen molar-refractivity contribution in [3.05, 3.63) is 28.1 Å². The lowest BCUT2D eigenvalue weighted by atomic mass is 10.1. The van der Waals surface area contributed by atoms with Gasteiger partial charge in [0.2, 0.25) is 0 Å². The quantitative estimate of drug-likeness (QED) is 0.515. The first-order valence-corrected chi connectivity index (χ1v) is 6.25. The lowest BCUT2D eigenvalue weighted by Gasteiger charge is -2.29. The fourth-order valence-electron chi connectivity index (χ4n) is 1.89. The summed E-state index contributed by atoms with van der Waals surface area (Å²) >= 11 is 3.49. The fraction of sp³-hybridized carbons (Fsp3) is 0.500. The molecule has 6 nitrogen and oxygen atoms in total. The van der Waals surface area contributed by atoms with Crippen LogP contribution in [0.2, 0.25) is 0 Å². The van der Waals surface area contributed by atoms with Crippen LogP contribution < -0.4 is 0 Å². The molecule has 0 aromatic carbocycles. The average Bonchev–Trinajstić information content (AvgIpc) is 2.77. The predicted octanol–water partition coefficient (Wildman–Crippen LogP) is 1.92. The van der Waals surface area contributed by atoms with E-state index in [2.05, 4.69) is 20.9 Å². The fourth-order valence-corrected chi connectivity index (χ4v) is 2.57. The number of amides is 1. The lowest BCUT2D eigenvalue weighted by Crippen LogP contribution is -2.40. The number of aromatic nitrogens is 1. The van der Waals surface area contributed by atoms with Gasteiger partial charge in [-0.3, -0.25) is 14.9 Å². The van der Waals surface area contributed by atoms with Crippen molar-refractivity contribution in [2.75, 3.05) is 13.1 Å². The highest BCUT2D eigenvalue weighted by Crippen LogP contribution is 2.20. The molecule has 1 atom stereocenters. The number of likely N-dealkylation sites (tertiary alicyclic amines) is 1. The molecule has 1 amide bonds. The molecule has 1 unspecified atom stereocenters. The summed E-state index contributed by atoms with van der Waals surface area (Å²) in [6.07, 6.45) is 3.24.